The van der Waals surface area contributed by atoms with Crippen molar-refractivity contribution in [3.05, 3.63) is 181 Å². The first kappa shape index (κ1) is 30.4. The third-order valence-electron chi connectivity index (χ3n) is 11.7. The van der Waals surface area contributed by atoms with Crippen LogP contribution in [-0.2, 0) is 0 Å². The molecule has 0 aliphatic heterocycles. The summed E-state index contributed by atoms with van der Waals surface area (Å²) in [5, 5.41) is 9.76. The van der Waals surface area contributed by atoms with Crippen molar-refractivity contribution in [2.45, 2.75) is 13.8 Å². The van der Waals surface area contributed by atoms with Gasteiger partial charge in [-0.05, 0) is 154 Å². The quantitative estimate of drug-likeness (QED) is 0.182. The van der Waals surface area contributed by atoms with Gasteiger partial charge in [0.15, 0.2) is 5.58 Å². The number of hydrogen-bond donors (Lipinski definition) is 0. The van der Waals surface area contributed by atoms with Gasteiger partial charge >= 0.3 is 0 Å². The third kappa shape index (κ3) is 4.44. The summed E-state index contributed by atoms with van der Waals surface area (Å²) >= 11 is 0. The van der Waals surface area contributed by atoms with Crippen molar-refractivity contribution < 1.29 is 4.42 Å². The third-order valence-corrected chi connectivity index (χ3v) is 11.7. The highest BCUT2D eigenvalue weighted by Crippen LogP contribution is 2.51. The van der Waals surface area contributed by atoms with Crippen LogP contribution in [0.15, 0.2) is 174 Å². The number of fused-ring (bicyclic) bond motifs is 12. The molecule has 9 aromatic carbocycles. The number of benzene rings is 9. The fourth-order valence-electron chi connectivity index (χ4n) is 9.29. The van der Waals surface area contributed by atoms with Gasteiger partial charge in [-0.25, -0.2) is 0 Å². The summed E-state index contributed by atoms with van der Waals surface area (Å²) in [5.41, 5.74) is 16.4. The largest absolute Gasteiger partial charge is 0.454 e. The lowest BCUT2D eigenvalue weighted by molar-refractivity contribution is 0.669. The first-order valence-corrected chi connectivity index (χ1v) is 19.0. The molecule has 0 unspecified atom stereocenters. The summed E-state index contributed by atoms with van der Waals surface area (Å²) in [7, 11) is 0. The molecule has 0 fully saturated rings. The topological polar surface area (TPSA) is 21.3 Å². The lowest BCUT2D eigenvalue weighted by atomic mass is 9.78. The predicted octanol–water partition coefficient (Wildman–Crippen LogP) is 14.7. The second kappa shape index (κ2) is 11.2. The molecule has 12 rings (SSSR count). The van der Waals surface area contributed by atoms with Crippen molar-refractivity contribution in [1.82, 2.24) is 4.57 Å². The maximum absolute atomic E-state index is 6.60. The normalized spacial score (nSPS) is 12.2. The van der Waals surface area contributed by atoms with E-state index in [2.05, 4.69) is 187 Å². The van der Waals surface area contributed by atoms with Crippen LogP contribution in [0.4, 0.5) is 17.1 Å². The molecule has 0 atom stereocenters. The van der Waals surface area contributed by atoms with Crippen LogP contribution in [0.3, 0.4) is 0 Å². The van der Waals surface area contributed by atoms with Crippen molar-refractivity contribution in [1.29, 1.82) is 0 Å². The van der Waals surface area contributed by atoms with Crippen LogP contribution >= 0.6 is 0 Å². The highest BCUT2D eigenvalue weighted by molar-refractivity contribution is 6.14. The Morgan fingerprint density at radius 3 is 1.67 bits per heavy atom. The molecule has 2 aromatic heterocycles. The molecule has 0 amide bonds. The zero-order valence-corrected chi connectivity index (χ0v) is 30.5. The Morgan fingerprint density at radius 1 is 0.418 bits per heavy atom. The monoisotopic (exact) mass is 702 g/mol. The predicted molar refractivity (Wildman–Crippen MR) is 232 cm³/mol. The van der Waals surface area contributed by atoms with E-state index in [0.29, 0.717) is 0 Å². The number of nitrogens with zero attached hydrogens (tertiary/aromatic N) is 2. The highest BCUT2D eigenvalue weighted by Gasteiger charge is 2.25. The molecule has 55 heavy (non-hydrogen) atoms. The van der Waals surface area contributed by atoms with Gasteiger partial charge in [-0.1, -0.05) is 84.9 Å². The number of rotatable bonds is 4. The second-order valence-corrected chi connectivity index (χ2v) is 15.2. The minimum Gasteiger partial charge on any atom is -0.454 e. The number of para-hydroxylation sites is 4. The van der Waals surface area contributed by atoms with Crippen LogP contribution in [0.2, 0.25) is 0 Å². The minimum absolute atomic E-state index is 0.890. The molecule has 2 heterocycles. The number of anilines is 3. The molecule has 1 aliphatic rings. The molecule has 3 nitrogen and oxygen atoms in total. The Bertz CT molecular complexity index is 3340. The van der Waals surface area contributed by atoms with Gasteiger partial charge in [0.05, 0.1) is 16.7 Å². The average Bonchev–Trinajstić information content (AvgIpc) is 3.76. The Kier molecular flexibility index (Phi) is 6.19. The smallest absolute Gasteiger partial charge is 0.159 e. The van der Waals surface area contributed by atoms with Crippen LogP contribution in [0.1, 0.15) is 11.1 Å². The van der Waals surface area contributed by atoms with E-state index in [1.807, 2.05) is 6.07 Å². The van der Waals surface area contributed by atoms with Gasteiger partial charge in [-0.15, -0.1) is 0 Å². The molecule has 0 radical (unpaired) electrons. The van der Waals surface area contributed by atoms with Crippen LogP contribution in [0.5, 0.6) is 0 Å². The fourth-order valence-corrected chi connectivity index (χ4v) is 9.29. The van der Waals surface area contributed by atoms with E-state index in [4.69, 9.17) is 4.42 Å². The molecule has 3 heteroatoms. The molecule has 0 saturated carbocycles. The van der Waals surface area contributed by atoms with E-state index in [1.54, 1.807) is 0 Å². The Balaban J connectivity index is 1.00. The first-order chi connectivity index (χ1) is 27.1. The van der Waals surface area contributed by atoms with E-state index in [0.717, 1.165) is 39.0 Å². The van der Waals surface area contributed by atoms with Crippen LogP contribution < -0.4 is 4.90 Å². The van der Waals surface area contributed by atoms with Crippen molar-refractivity contribution in [2.24, 2.45) is 0 Å². The van der Waals surface area contributed by atoms with Gasteiger partial charge in [0.2, 0.25) is 0 Å². The summed E-state index contributed by atoms with van der Waals surface area (Å²) in [6, 6.07) is 62.3. The number of hydrogen-bond acceptors (Lipinski definition) is 2. The second-order valence-electron chi connectivity index (χ2n) is 15.2. The molecular formula is C52H34N2O. The van der Waals surface area contributed by atoms with Gasteiger partial charge in [0.1, 0.15) is 5.58 Å². The van der Waals surface area contributed by atoms with Crippen molar-refractivity contribution in [3.8, 4) is 27.9 Å². The van der Waals surface area contributed by atoms with E-state index in [9.17, 15) is 0 Å². The minimum atomic E-state index is 0.890. The van der Waals surface area contributed by atoms with Gasteiger partial charge in [0, 0.05) is 38.6 Å². The van der Waals surface area contributed by atoms with E-state index in [-0.39, 0.29) is 0 Å². The van der Waals surface area contributed by atoms with Gasteiger partial charge in [-0.3, -0.25) is 0 Å². The lowest BCUT2D eigenvalue weighted by Crippen LogP contribution is -2.11. The van der Waals surface area contributed by atoms with E-state index >= 15 is 0 Å². The summed E-state index contributed by atoms with van der Waals surface area (Å²) < 4.78 is 9.01. The standard InChI is InChI=1S/C52H34N2O/c1-31-22-32(2)24-39(23-31)53(50-16-9-13-43-42-12-5-8-17-51(42)55-52(43)50)37-20-18-33-27-44-45-28-34-19-21-38(26-36(34)30-47(45)46(44)29-35(33)25-37)54-48-14-6-3-10-40(48)41-11-4-7-15-49(41)54/h3-30H,1-2H3. The van der Waals surface area contributed by atoms with Gasteiger partial charge < -0.3 is 13.9 Å². The van der Waals surface area contributed by atoms with Gasteiger partial charge in [0.25, 0.3) is 0 Å². The number of aryl methyl sites for hydroxylation is 2. The molecule has 1 aliphatic carbocycles. The molecule has 0 N–H and O–H groups in total. The Labute approximate surface area is 317 Å². The van der Waals surface area contributed by atoms with Crippen LogP contribution in [0.25, 0.3) is 93.2 Å². The molecule has 11 aromatic rings. The molecule has 0 spiro atoms. The Morgan fingerprint density at radius 2 is 0.982 bits per heavy atom. The molecule has 0 bridgehead atoms. The zero-order chi connectivity index (χ0) is 36.4. The van der Waals surface area contributed by atoms with Crippen LogP contribution in [-0.4, -0.2) is 4.57 Å². The first-order valence-electron chi connectivity index (χ1n) is 19.0. The summed E-state index contributed by atoms with van der Waals surface area (Å²) in [6.07, 6.45) is 0. The SMILES string of the molecule is Cc1cc(C)cc(N(c2ccc3cc4c(cc3c2)-c2cc3cc(-n5c6ccccc6c6ccccc65)ccc3cc2-4)c2cccc3c2oc2ccccc23)c1. The number of furan rings is 1. The number of aromatic nitrogens is 1. The molecule has 258 valence electrons. The van der Waals surface area contributed by atoms with Gasteiger partial charge in [-0.2, -0.15) is 0 Å². The zero-order valence-electron chi connectivity index (χ0n) is 30.5. The average molecular weight is 703 g/mol. The lowest BCUT2D eigenvalue weighted by Gasteiger charge is -2.28. The van der Waals surface area contributed by atoms with Crippen molar-refractivity contribution in [2.75, 3.05) is 4.90 Å². The maximum atomic E-state index is 6.60. The maximum Gasteiger partial charge on any atom is 0.159 e. The van der Waals surface area contributed by atoms with Crippen molar-refractivity contribution in [3.63, 3.8) is 0 Å². The Hall–Kier alpha value is -7.10. The van der Waals surface area contributed by atoms with E-state index < -0.39 is 0 Å². The summed E-state index contributed by atoms with van der Waals surface area (Å²) in [6.45, 7) is 4.34. The molecular weight excluding hydrogens is 669 g/mol. The van der Waals surface area contributed by atoms with Crippen LogP contribution in [0, 0.1) is 13.8 Å². The molecule has 0 saturated heterocycles. The van der Waals surface area contributed by atoms with Crippen molar-refractivity contribution >= 4 is 82.4 Å². The summed E-state index contributed by atoms with van der Waals surface area (Å²) in [4.78, 5) is 2.36. The fraction of sp³-hybridized carbons (Fsp3) is 0.0385. The highest BCUT2D eigenvalue weighted by atomic mass is 16.3. The summed E-state index contributed by atoms with van der Waals surface area (Å²) in [5.74, 6) is 0. The van der Waals surface area contributed by atoms with E-state index in [1.165, 1.54) is 82.4 Å².